The van der Waals surface area contributed by atoms with Crippen LogP contribution in [0.3, 0.4) is 0 Å². The molecule has 1 aromatic heterocycles. The number of nitrogens with zero attached hydrogens (tertiary/aromatic N) is 4. The monoisotopic (exact) mass is 365 g/mol. The number of amides is 1. The van der Waals surface area contributed by atoms with E-state index in [9.17, 15) is 4.79 Å². The molecule has 0 spiro atoms. The topological polar surface area (TPSA) is 122 Å². The fraction of sp³-hybridized carbons (Fsp3) is 0.765. The molecule has 0 unspecified atom stereocenters. The van der Waals surface area contributed by atoms with E-state index in [1.165, 1.54) is 0 Å². The number of nitrogens with one attached hydrogen (secondary N) is 2. The minimum absolute atomic E-state index is 0.260. The number of carbonyl (C=O) groups is 1. The van der Waals surface area contributed by atoms with Gasteiger partial charge in [-0.25, -0.2) is 0 Å². The Morgan fingerprint density at radius 2 is 2.15 bits per heavy atom. The van der Waals surface area contributed by atoms with Crippen molar-refractivity contribution < 1.29 is 9.32 Å². The summed E-state index contributed by atoms with van der Waals surface area (Å²) in [5.41, 5.74) is 5.26. The third-order valence-corrected chi connectivity index (χ3v) is 4.25. The molecule has 2 rings (SSSR count). The van der Waals surface area contributed by atoms with Crippen LogP contribution >= 0.6 is 0 Å². The van der Waals surface area contributed by atoms with E-state index in [1.54, 1.807) is 0 Å². The van der Waals surface area contributed by atoms with E-state index in [0.29, 0.717) is 31.4 Å². The number of rotatable bonds is 8. The lowest BCUT2D eigenvalue weighted by atomic mass is 10.1. The summed E-state index contributed by atoms with van der Waals surface area (Å²) in [5.74, 6) is 2.14. The second-order valence-corrected chi connectivity index (χ2v) is 6.87. The van der Waals surface area contributed by atoms with E-state index in [2.05, 4.69) is 30.7 Å². The van der Waals surface area contributed by atoms with E-state index in [-0.39, 0.29) is 11.8 Å². The Labute approximate surface area is 154 Å². The van der Waals surface area contributed by atoms with Crippen molar-refractivity contribution in [1.29, 1.82) is 0 Å². The highest BCUT2D eigenvalue weighted by Crippen LogP contribution is 2.11. The number of guanidine groups is 1. The molecule has 0 radical (unpaired) electrons. The average molecular weight is 365 g/mol. The minimum atomic E-state index is -0.270. The van der Waals surface area contributed by atoms with Gasteiger partial charge in [-0.05, 0) is 19.8 Å². The Bertz CT molecular complexity index is 592. The summed E-state index contributed by atoms with van der Waals surface area (Å²) >= 11 is 0. The molecular weight excluding hydrogens is 334 g/mol. The molecule has 1 fully saturated rings. The molecule has 0 atom stereocenters. The predicted molar refractivity (Wildman–Crippen MR) is 99.9 cm³/mol. The van der Waals surface area contributed by atoms with Crippen molar-refractivity contribution >= 4 is 11.9 Å². The lowest BCUT2D eigenvalue weighted by molar-refractivity contribution is -0.119. The van der Waals surface area contributed by atoms with Gasteiger partial charge < -0.3 is 20.9 Å². The smallest absolute Gasteiger partial charge is 0.231 e. The summed E-state index contributed by atoms with van der Waals surface area (Å²) < 4.78 is 5.25. The van der Waals surface area contributed by atoms with Gasteiger partial charge in [-0.3, -0.25) is 14.7 Å². The Morgan fingerprint density at radius 3 is 2.73 bits per heavy atom. The zero-order valence-electron chi connectivity index (χ0n) is 16.0. The zero-order chi connectivity index (χ0) is 18.9. The van der Waals surface area contributed by atoms with E-state index < -0.39 is 0 Å². The van der Waals surface area contributed by atoms with Crippen LogP contribution in [-0.2, 0) is 11.2 Å². The average Bonchev–Trinajstić information content (AvgIpc) is 3.05. The van der Waals surface area contributed by atoms with Gasteiger partial charge in [0, 0.05) is 38.0 Å². The largest absolute Gasteiger partial charge is 0.369 e. The second-order valence-electron chi connectivity index (χ2n) is 6.87. The maximum absolute atomic E-state index is 11.0. The van der Waals surface area contributed by atoms with Crippen LogP contribution in [0.25, 0.3) is 0 Å². The molecule has 1 aromatic rings. The molecule has 0 aromatic carbocycles. The Balaban J connectivity index is 1.80. The maximum Gasteiger partial charge on any atom is 0.231 e. The van der Waals surface area contributed by atoms with Crippen LogP contribution < -0.4 is 16.4 Å². The second kappa shape index (κ2) is 10.1. The summed E-state index contributed by atoms with van der Waals surface area (Å²) in [5, 5.41) is 10.7. The molecule has 0 saturated carbocycles. The van der Waals surface area contributed by atoms with Gasteiger partial charge in [-0.2, -0.15) is 4.98 Å². The van der Waals surface area contributed by atoms with Crippen molar-refractivity contribution in [3.05, 3.63) is 11.7 Å². The van der Waals surface area contributed by atoms with Gasteiger partial charge in [0.15, 0.2) is 11.8 Å². The van der Waals surface area contributed by atoms with Gasteiger partial charge in [0.05, 0.1) is 13.1 Å². The van der Waals surface area contributed by atoms with Crippen molar-refractivity contribution in [3.8, 4) is 0 Å². The van der Waals surface area contributed by atoms with Gasteiger partial charge in [0.1, 0.15) is 0 Å². The van der Waals surface area contributed by atoms with Crippen LogP contribution in [0.2, 0.25) is 0 Å². The lowest BCUT2D eigenvalue weighted by Crippen LogP contribution is -2.49. The number of carbonyl (C=O) groups excluding carboxylic acids is 1. The molecule has 26 heavy (non-hydrogen) atoms. The number of hydrogen-bond acceptors (Lipinski definition) is 6. The number of aromatic nitrogens is 2. The highest BCUT2D eigenvalue weighted by atomic mass is 16.5. The van der Waals surface area contributed by atoms with E-state index >= 15 is 0 Å². The van der Waals surface area contributed by atoms with Crippen LogP contribution in [0.4, 0.5) is 0 Å². The van der Waals surface area contributed by atoms with Crippen LogP contribution in [0, 0.1) is 0 Å². The van der Waals surface area contributed by atoms with Crippen molar-refractivity contribution in [2.24, 2.45) is 10.7 Å². The van der Waals surface area contributed by atoms with Crippen LogP contribution in [-0.4, -0.2) is 65.7 Å². The third-order valence-electron chi connectivity index (χ3n) is 4.25. The molecule has 1 aliphatic rings. The summed E-state index contributed by atoms with van der Waals surface area (Å²) in [4.78, 5) is 22.1. The first-order valence-electron chi connectivity index (χ1n) is 9.36. The quantitative estimate of drug-likeness (QED) is 0.445. The highest BCUT2D eigenvalue weighted by molar-refractivity contribution is 5.80. The van der Waals surface area contributed by atoms with Crippen LogP contribution in [0.15, 0.2) is 9.52 Å². The van der Waals surface area contributed by atoms with Crippen molar-refractivity contribution in [3.63, 3.8) is 0 Å². The van der Waals surface area contributed by atoms with Crippen molar-refractivity contribution in [2.45, 2.75) is 52.0 Å². The lowest BCUT2D eigenvalue weighted by Gasteiger charge is -2.32. The first-order valence-corrected chi connectivity index (χ1v) is 9.36. The predicted octanol–water partition coefficient (Wildman–Crippen LogP) is 0.240. The van der Waals surface area contributed by atoms with Gasteiger partial charge in [-0.1, -0.05) is 19.0 Å². The maximum atomic E-state index is 11.0. The molecular formula is C17H31N7O2. The van der Waals surface area contributed by atoms with Gasteiger partial charge in [0.25, 0.3) is 0 Å². The van der Waals surface area contributed by atoms with Crippen LogP contribution in [0.5, 0.6) is 0 Å². The number of primary amides is 1. The Hall–Kier alpha value is -2.16. The molecule has 9 heteroatoms. The van der Waals surface area contributed by atoms with Crippen molar-refractivity contribution in [2.75, 3.05) is 32.7 Å². The molecule has 2 heterocycles. The van der Waals surface area contributed by atoms with E-state index in [4.69, 9.17) is 10.3 Å². The molecule has 9 nitrogen and oxygen atoms in total. The zero-order valence-corrected chi connectivity index (χ0v) is 16.0. The summed E-state index contributed by atoms with van der Waals surface area (Å²) in [6.07, 6.45) is 2.53. The third kappa shape index (κ3) is 6.62. The van der Waals surface area contributed by atoms with Crippen molar-refractivity contribution in [1.82, 2.24) is 25.7 Å². The normalized spacial score (nSPS) is 16.8. The summed E-state index contributed by atoms with van der Waals surface area (Å²) in [6.45, 7) is 9.55. The number of aliphatic imine (C=N–C) groups is 1. The number of piperidine rings is 1. The van der Waals surface area contributed by atoms with E-state index in [1.807, 2.05) is 20.8 Å². The number of nitrogens with two attached hydrogens (primary N) is 1. The Kier molecular flexibility index (Phi) is 7.83. The number of hydrogen-bond donors (Lipinski definition) is 3. The molecule has 1 saturated heterocycles. The fourth-order valence-electron chi connectivity index (χ4n) is 2.84. The fourth-order valence-corrected chi connectivity index (χ4v) is 2.84. The molecule has 0 aliphatic carbocycles. The first-order chi connectivity index (χ1) is 12.5. The van der Waals surface area contributed by atoms with E-state index in [0.717, 1.165) is 44.3 Å². The molecule has 146 valence electrons. The molecule has 1 aliphatic heterocycles. The Morgan fingerprint density at radius 1 is 1.42 bits per heavy atom. The standard InChI is InChI=1S/C17H31N7O2/c1-4-19-17(20-8-5-15-22-16(12(2)3)23-26-15)21-13-6-9-24(10-7-13)11-14(18)25/h12-13H,4-11H2,1-3H3,(H2,18,25)(H2,19,20,21). The van der Waals surface area contributed by atoms with Crippen LogP contribution in [0.1, 0.15) is 51.2 Å². The van der Waals surface area contributed by atoms with Gasteiger partial charge in [-0.15, -0.1) is 0 Å². The molecule has 4 N–H and O–H groups in total. The van der Waals surface area contributed by atoms with Gasteiger partial charge in [0.2, 0.25) is 11.8 Å². The van der Waals surface area contributed by atoms with Gasteiger partial charge >= 0.3 is 0 Å². The minimum Gasteiger partial charge on any atom is -0.369 e. The highest BCUT2D eigenvalue weighted by Gasteiger charge is 2.20. The summed E-state index contributed by atoms with van der Waals surface area (Å²) in [6, 6.07) is 0.341. The first kappa shape index (κ1) is 20.2. The molecule has 1 amide bonds. The number of likely N-dealkylation sites (tertiary alicyclic amines) is 1. The summed E-state index contributed by atoms with van der Waals surface area (Å²) in [7, 11) is 0. The SMILES string of the molecule is CCNC(=NCCc1nc(C(C)C)no1)NC1CCN(CC(N)=O)CC1. The molecule has 0 bridgehead atoms.